The zero-order valence-corrected chi connectivity index (χ0v) is 17.2. The van der Waals surface area contributed by atoms with Crippen LogP contribution in [0.1, 0.15) is 23.6 Å². The predicted octanol–water partition coefficient (Wildman–Crippen LogP) is 7.40. The van der Waals surface area contributed by atoms with Crippen LogP contribution in [0.3, 0.4) is 0 Å². The summed E-state index contributed by atoms with van der Waals surface area (Å²) < 4.78 is 6.02. The summed E-state index contributed by atoms with van der Waals surface area (Å²) in [6.07, 6.45) is 0.969. The second-order valence-electron chi connectivity index (χ2n) is 6.14. The molecule has 1 N–H and O–H groups in total. The van der Waals surface area contributed by atoms with Crippen molar-refractivity contribution in [1.82, 2.24) is 0 Å². The number of benzene rings is 3. The minimum atomic E-state index is 0.357. The van der Waals surface area contributed by atoms with Crippen LogP contribution in [-0.2, 0) is 19.6 Å². The van der Waals surface area contributed by atoms with Crippen LogP contribution in [0.25, 0.3) is 0 Å². The molecule has 2 nitrogen and oxygen atoms in total. The van der Waals surface area contributed by atoms with Gasteiger partial charge < -0.3 is 10.1 Å². The molecule has 0 fully saturated rings. The van der Waals surface area contributed by atoms with Crippen LogP contribution in [0.15, 0.2) is 60.7 Å². The Morgan fingerprint density at radius 3 is 2.33 bits per heavy atom. The summed E-state index contributed by atoms with van der Waals surface area (Å²) in [5, 5.41) is 5.35. The van der Waals surface area contributed by atoms with Crippen LogP contribution < -0.4 is 10.1 Å². The van der Waals surface area contributed by atoms with E-state index in [0.29, 0.717) is 28.2 Å². The second kappa shape index (κ2) is 9.36. The highest BCUT2D eigenvalue weighted by molar-refractivity contribution is 6.35. The summed E-state index contributed by atoms with van der Waals surface area (Å²) in [6, 6.07) is 19.3. The van der Waals surface area contributed by atoms with Gasteiger partial charge >= 0.3 is 0 Å². The molecule has 0 atom stereocenters. The van der Waals surface area contributed by atoms with Crippen molar-refractivity contribution in [2.75, 3.05) is 5.32 Å². The van der Waals surface area contributed by atoms with Crippen LogP contribution in [0.4, 0.5) is 5.69 Å². The first-order chi connectivity index (χ1) is 13.1. The largest absolute Gasteiger partial charge is 0.488 e. The van der Waals surface area contributed by atoms with Crippen LogP contribution >= 0.6 is 34.8 Å². The maximum Gasteiger partial charge on any atom is 0.124 e. The van der Waals surface area contributed by atoms with Gasteiger partial charge in [0.25, 0.3) is 0 Å². The Balaban J connectivity index is 1.74. The Bertz CT molecular complexity index is 927. The van der Waals surface area contributed by atoms with E-state index in [-0.39, 0.29) is 0 Å². The molecule has 0 saturated carbocycles. The minimum absolute atomic E-state index is 0.357. The molecule has 0 aliphatic carbocycles. The van der Waals surface area contributed by atoms with Gasteiger partial charge in [0.1, 0.15) is 12.4 Å². The molecule has 140 valence electrons. The minimum Gasteiger partial charge on any atom is -0.488 e. The molecule has 0 aliphatic heterocycles. The SMILES string of the molecule is CCc1ccccc1NCc1cc(Cl)ccc1OCc1ccc(Cl)cc1Cl. The normalized spacial score (nSPS) is 10.7. The molecule has 0 bridgehead atoms. The van der Waals surface area contributed by atoms with Gasteiger partial charge in [-0.05, 0) is 48.4 Å². The summed E-state index contributed by atoms with van der Waals surface area (Å²) in [5.41, 5.74) is 4.26. The van der Waals surface area contributed by atoms with E-state index in [1.54, 1.807) is 12.1 Å². The standard InChI is InChI=1S/C22H20Cl3NO/c1-2-15-5-3-4-6-21(15)26-13-17-11-18(23)9-10-22(17)27-14-16-7-8-19(24)12-20(16)25/h3-12,26H,2,13-14H2,1H3. The Kier molecular flexibility index (Phi) is 6.89. The van der Waals surface area contributed by atoms with Gasteiger partial charge in [0.15, 0.2) is 0 Å². The van der Waals surface area contributed by atoms with Gasteiger partial charge in [0.05, 0.1) is 0 Å². The van der Waals surface area contributed by atoms with Crippen LogP contribution in [0.5, 0.6) is 5.75 Å². The summed E-state index contributed by atoms with van der Waals surface area (Å²) in [7, 11) is 0. The molecule has 0 amide bonds. The molecule has 3 aromatic carbocycles. The van der Waals surface area contributed by atoms with Crippen LogP contribution in [0, 0.1) is 0 Å². The van der Waals surface area contributed by atoms with E-state index in [4.69, 9.17) is 39.5 Å². The zero-order valence-electron chi connectivity index (χ0n) is 14.9. The van der Waals surface area contributed by atoms with Gasteiger partial charge in [-0.3, -0.25) is 0 Å². The third-order valence-electron chi connectivity index (χ3n) is 4.29. The summed E-state index contributed by atoms with van der Waals surface area (Å²) in [5.74, 6) is 0.770. The quantitative estimate of drug-likeness (QED) is 0.430. The number of aryl methyl sites for hydroxylation is 1. The van der Waals surface area contributed by atoms with Crippen molar-refractivity contribution in [3.63, 3.8) is 0 Å². The van der Waals surface area contributed by atoms with Gasteiger partial charge in [-0.25, -0.2) is 0 Å². The summed E-state index contributed by atoms with van der Waals surface area (Å²) in [6.45, 7) is 3.11. The number of ether oxygens (including phenoxy) is 1. The highest BCUT2D eigenvalue weighted by Gasteiger charge is 2.09. The van der Waals surface area contributed by atoms with Gasteiger partial charge in [0.2, 0.25) is 0 Å². The molecular formula is C22H20Cl3NO. The molecule has 0 aliphatic rings. The third kappa shape index (κ3) is 5.32. The van der Waals surface area contributed by atoms with Crippen LogP contribution in [0.2, 0.25) is 15.1 Å². The summed E-state index contributed by atoms with van der Waals surface area (Å²) >= 11 is 18.4. The first-order valence-electron chi connectivity index (χ1n) is 8.73. The molecule has 0 heterocycles. The van der Waals surface area contributed by atoms with Crippen molar-refractivity contribution in [3.05, 3.63) is 92.4 Å². The second-order valence-corrected chi connectivity index (χ2v) is 7.42. The van der Waals surface area contributed by atoms with E-state index in [1.807, 2.05) is 36.4 Å². The summed E-state index contributed by atoms with van der Waals surface area (Å²) in [4.78, 5) is 0. The van der Waals surface area contributed by atoms with Crippen molar-refractivity contribution >= 4 is 40.5 Å². The van der Waals surface area contributed by atoms with Gasteiger partial charge in [-0.15, -0.1) is 0 Å². The van der Waals surface area contributed by atoms with E-state index < -0.39 is 0 Å². The van der Waals surface area contributed by atoms with E-state index in [2.05, 4.69) is 24.4 Å². The van der Waals surface area contributed by atoms with Gasteiger partial charge in [-0.1, -0.05) is 66.0 Å². The Hall–Kier alpha value is -1.87. The highest BCUT2D eigenvalue weighted by Crippen LogP contribution is 2.27. The topological polar surface area (TPSA) is 21.3 Å². The van der Waals surface area contributed by atoms with Gasteiger partial charge in [-0.2, -0.15) is 0 Å². The number of hydrogen-bond acceptors (Lipinski definition) is 2. The first-order valence-corrected chi connectivity index (χ1v) is 9.87. The monoisotopic (exact) mass is 419 g/mol. The number of rotatable bonds is 7. The Morgan fingerprint density at radius 1 is 0.815 bits per heavy atom. The lowest BCUT2D eigenvalue weighted by Crippen LogP contribution is -2.05. The maximum absolute atomic E-state index is 6.24. The number of nitrogens with one attached hydrogen (secondary N) is 1. The molecule has 3 rings (SSSR count). The average molecular weight is 421 g/mol. The van der Waals surface area contributed by atoms with Crippen molar-refractivity contribution in [3.8, 4) is 5.75 Å². The maximum atomic E-state index is 6.24. The van der Waals surface area contributed by atoms with Crippen molar-refractivity contribution < 1.29 is 4.74 Å². The fraction of sp³-hybridized carbons (Fsp3) is 0.182. The van der Waals surface area contributed by atoms with E-state index in [9.17, 15) is 0 Å². The molecule has 3 aromatic rings. The number of para-hydroxylation sites is 1. The molecular weight excluding hydrogens is 401 g/mol. The lowest BCUT2D eigenvalue weighted by Gasteiger charge is -2.15. The number of anilines is 1. The lowest BCUT2D eigenvalue weighted by atomic mass is 10.1. The molecule has 0 spiro atoms. The zero-order chi connectivity index (χ0) is 19.2. The molecule has 0 aromatic heterocycles. The third-order valence-corrected chi connectivity index (χ3v) is 5.11. The highest BCUT2D eigenvalue weighted by atomic mass is 35.5. The van der Waals surface area contributed by atoms with Crippen molar-refractivity contribution in [1.29, 1.82) is 0 Å². The average Bonchev–Trinajstić information content (AvgIpc) is 2.67. The lowest BCUT2D eigenvalue weighted by molar-refractivity contribution is 0.303. The van der Waals surface area contributed by atoms with E-state index >= 15 is 0 Å². The molecule has 0 saturated heterocycles. The van der Waals surface area contributed by atoms with E-state index in [0.717, 1.165) is 29.0 Å². The molecule has 0 radical (unpaired) electrons. The van der Waals surface area contributed by atoms with E-state index in [1.165, 1.54) is 5.56 Å². The first kappa shape index (κ1) is 19.9. The van der Waals surface area contributed by atoms with Crippen molar-refractivity contribution in [2.24, 2.45) is 0 Å². The van der Waals surface area contributed by atoms with Crippen molar-refractivity contribution in [2.45, 2.75) is 26.5 Å². The fourth-order valence-electron chi connectivity index (χ4n) is 2.81. The fourth-order valence-corrected chi connectivity index (χ4v) is 3.47. The molecule has 5 heteroatoms. The number of hydrogen-bond donors (Lipinski definition) is 1. The number of halogens is 3. The predicted molar refractivity (Wildman–Crippen MR) is 115 cm³/mol. The smallest absolute Gasteiger partial charge is 0.124 e. The molecule has 0 unspecified atom stereocenters. The Morgan fingerprint density at radius 2 is 1.56 bits per heavy atom. The Labute approximate surface area is 175 Å². The molecule has 27 heavy (non-hydrogen) atoms. The van der Waals surface area contributed by atoms with Crippen LogP contribution in [-0.4, -0.2) is 0 Å². The van der Waals surface area contributed by atoms with Gasteiger partial charge in [0, 0.05) is 38.4 Å².